The fraction of sp³-hybridized carbons (Fsp3) is 0.200. The van der Waals surface area contributed by atoms with Crippen LogP contribution in [0.5, 0.6) is 11.5 Å². The highest BCUT2D eigenvalue weighted by atomic mass is 19.4. The number of hydrogen-bond donors (Lipinski definition) is 1. The molecule has 3 rings (SSSR count). The zero-order valence-corrected chi connectivity index (χ0v) is 15.7. The van der Waals surface area contributed by atoms with Crippen molar-refractivity contribution in [2.24, 2.45) is 0 Å². The SMILES string of the molecule is COc1cc(C(=O)NCc2ccc(OC(F)(F)F)cc2)ccc1-n1cnc(C)c1. The van der Waals surface area contributed by atoms with Gasteiger partial charge in [0.25, 0.3) is 5.91 Å². The molecule has 1 N–H and O–H groups in total. The third-order valence-electron chi connectivity index (χ3n) is 4.04. The van der Waals surface area contributed by atoms with Crippen LogP contribution in [0.15, 0.2) is 55.0 Å². The van der Waals surface area contributed by atoms with Gasteiger partial charge in [0.2, 0.25) is 0 Å². The molecule has 1 amide bonds. The van der Waals surface area contributed by atoms with Crippen LogP contribution in [0.2, 0.25) is 0 Å². The van der Waals surface area contributed by atoms with Crippen molar-refractivity contribution in [3.05, 3.63) is 71.8 Å². The van der Waals surface area contributed by atoms with Gasteiger partial charge in [0.1, 0.15) is 11.5 Å². The molecule has 0 atom stereocenters. The summed E-state index contributed by atoms with van der Waals surface area (Å²) >= 11 is 0. The summed E-state index contributed by atoms with van der Waals surface area (Å²) < 4.78 is 47.6. The summed E-state index contributed by atoms with van der Waals surface area (Å²) in [6.45, 7) is 2.02. The van der Waals surface area contributed by atoms with E-state index in [4.69, 9.17) is 4.74 Å². The van der Waals surface area contributed by atoms with Crippen LogP contribution in [0.1, 0.15) is 21.6 Å². The standard InChI is InChI=1S/C20H18F3N3O3/c1-13-11-26(12-25-13)17-8-5-15(9-18(17)28-2)19(27)24-10-14-3-6-16(7-4-14)29-20(21,22)23/h3-9,11-12H,10H2,1-2H3,(H,24,27). The van der Waals surface area contributed by atoms with Crippen LogP contribution in [0.4, 0.5) is 13.2 Å². The molecule has 3 aromatic rings. The smallest absolute Gasteiger partial charge is 0.495 e. The first kappa shape index (κ1) is 20.2. The molecule has 0 saturated heterocycles. The highest BCUT2D eigenvalue weighted by Crippen LogP contribution is 2.25. The van der Waals surface area contributed by atoms with Crippen molar-refractivity contribution in [2.45, 2.75) is 19.8 Å². The number of hydrogen-bond acceptors (Lipinski definition) is 4. The molecule has 1 heterocycles. The van der Waals surface area contributed by atoms with Crippen molar-refractivity contribution in [1.82, 2.24) is 14.9 Å². The number of methoxy groups -OCH3 is 1. The molecule has 1 aromatic heterocycles. The number of amides is 1. The Morgan fingerprint density at radius 3 is 2.48 bits per heavy atom. The van der Waals surface area contributed by atoms with E-state index in [-0.39, 0.29) is 18.2 Å². The molecule has 0 fully saturated rings. The van der Waals surface area contributed by atoms with Gasteiger partial charge >= 0.3 is 6.36 Å². The van der Waals surface area contributed by atoms with E-state index in [1.54, 1.807) is 29.1 Å². The number of aryl methyl sites for hydroxylation is 1. The molecule has 0 unspecified atom stereocenters. The van der Waals surface area contributed by atoms with Crippen molar-refractivity contribution in [1.29, 1.82) is 0 Å². The summed E-state index contributed by atoms with van der Waals surface area (Å²) in [4.78, 5) is 16.6. The molecule has 0 aliphatic heterocycles. The Morgan fingerprint density at radius 2 is 1.90 bits per heavy atom. The van der Waals surface area contributed by atoms with Crippen molar-refractivity contribution in [2.75, 3.05) is 7.11 Å². The Bertz CT molecular complexity index is 998. The third kappa shape index (κ3) is 5.28. The fourth-order valence-electron chi connectivity index (χ4n) is 2.68. The Morgan fingerprint density at radius 1 is 1.17 bits per heavy atom. The molecule has 0 saturated carbocycles. The first-order chi connectivity index (χ1) is 13.7. The van der Waals surface area contributed by atoms with Gasteiger partial charge in [-0.2, -0.15) is 0 Å². The molecule has 29 heavy (non-hydrogen) atoms. The van der Waals surface area contributed by atoms with Crippen molar-refractivity contribution in [3.8, 4) is 17.2 Å². The number of nitrogens with zero attached hydrogens (tertiary/aromatic N) is 2. The number of imidazole rings is 1. The van der Waals surface area contributed by atoms with Crippen LogP contribution >= 0.6 is 0 Å². The molecule has 0 bridgehead atoms. The van der Waals surface area contributed by atoms with Gasteiger partial charge in [0, 0.05) is 18.3 Å². The van der Waals surface area contributed by atoms with Crippen molar-refractivity contribution < 1.29 is 27.4 Å². The quantitative estimate of drug-likeness (QED) is 0.673. The number of ether oxygens (including phenoxy) is 2. The van der Waals surface area contributed by atoms with Crippen LogP contribution in [0.25, 0.3) is 5.69 Å². The minimum absolute atomic E-state index is 0.149. The van der Waals surface area contributed by atoms with Crippen LogP contribution in [0.3, 0.4) is 0 Å². The fourth-order valence-corrected chi connectivity index (χ4v) is 2.68. The normalized spacial score (nSPS) is 11.2. The Balaban J connectivity index is 1.66. The van der Waals surface area contributed by atoms with E-state index in [0.29, 0.717) is 16.9 Å². The lowest BCUT2D eigenvalue weighted by atomic mass is 10.1. The molecule has 152 valence electrons. The van der Waals surface area contributed by atoms with Gasteiger partial charge < -0.3 is 19.4 Å². The minimum atomic E-state index is -4.74. The van der Waals surface area contributed by atoms with Crippen LogP contribution in [-0.2, 0) is 6.54 Å². The lowest BCUT2D eigenvalue weighted by molar-refractivity contribution is -0.274. The lowest BCUT2D eigenvalue weighted by Gasteiger charge is -2.12. The topological polar surface area (TPSA) is 65.4 Å². The molecule has 9 heteroatoms. The van der Waals surface area contributed by atoms with Gasteiger partial charge in [-0.3, -0.25) is 4.79 Å². The maximum atomic E-state index is 12.4. The van der Waals surface area contributed by atoms with Gasteiger partial charge in [0.15, 0.2) is 0 Å². The molecular weight excluding hydrogens is 387 g/mol. The minimum Gasteiger partial charge on any atom is -0.495 e. The van der Waals surface area contributed by atoms with Gasteiger partial charge in [-0.1, -0.05) is 12.1 Å². The number of halogens is 3. The Labute approximate surface area is 164 Å². The molecule has 0 spiro atoms. The lowest BCUT2D eigenvalue weighted by Crippen LogP contribution is -2.23. The zero-order chi connectivity index (χ0) is 21.0. The number of alkyl halides is 3. The third-order valence-corrected chi connectivity index (χ3v) is 4.04. The second kappa shape index (κ2) is 8.26. The maximum absolute atomic E-state index is 12.4. The first-order valence-electron chi connectivity index (χ1n) is 8.57. The number of benzene rings is 2. The van der Waals surface area contributed by atoms with Crippen LogP contribution < -0.4 is 14.8 Å². The van der Waals surface area contributed by atoms with Crippen molar-refractivity contribution in [3.63, 3.8) is 0 Å². The van der Waals surface area contributed by atoms with Crippen molar-refractivity contribution >= 4 is 5.91 Å². The highest BCUT2D eigenvalue weighted by Gasteiger charge is 2.30. The van der Waals surface area contributed by atoms with E-state index in [2.05, 4.69) is 15.0 Å². The number of aromatic nitrogens is 2. The molecule has 0 aliphatic carbocycles. The molecular formula is C20H18F3N3O3. The second-order valence-electron chi connectivity index (χ2n) is 6.18. The maximum Gasteiger partial charge on any atom is 0.573 e. The Hall–Kier alpha value is -3.49. The summed E-state index contributed by atoms with van der Waals surface area (Å²) in [5, 5.41) is 2.72. The van der Waals surface area contributed by atoms with Gasteiger partial charge in [0.05, 0.1) is 24.8 Å². The Kier molecular flexibility index (Phi) is 5.76. The number of nitrogens with one attached hydrogen (secondary N) is 1. The average Bonchev–Trinajstić information content (AvgIpc) is 3.11. The van der Waals surface area contributed by atoms with Crippen LogP contribution in [-0.4, -0.2) is 28.9 Å². The predicted molar refractivity (Wildman–Crippen MR) is 99.1 cm³/mol. The van der Waals surface area contributed by atoms with E-state index in [1.807, 2.05) is 13.1 Å². The summed E-state index contributed by atoms with van der Waals surface area (Å²) in [5.74, 6) is -0.154. The van der Waals surface area contributed by atoms with E-state index in [0.717, 1.165) is 11.4 Å². The largest absolute Gasteiger partial charge is 0.573 e. The molecule has 6 nitrogen and oxygen atoms in total. The predicted octanol–water partition coefficient (Wildman–Crippen LogP) is 4.02. The highest BCUT2D eigenvalue weighted by molar-refractivity contribution is 5.95. The van der Waals surface area contributed by atoms with Gasteiger partial charge in [-0.25, -0.2) is 4.98 Å². The van der Waals surface area contributed by atoms with E-state index < -0.39 is 6.36 Å². The van der Waals surface area contributed by atoms with Gasteiger partial charge in [-0.15, -0.1) is 13.2 Å². The summed E-state index contributed by atoms with van der Waals surface area (Å²) in [6, 6.07) is 10.3. The van der Waals surface area contributed by atoms with E-state index in [1.165, 1.54) is 31.4 Å². The molecule has 0 radical (unpaired) electrons. The molecule has 2 aromatic carbocycles. The zero-order valence-electron chi connectivity index (χ0n) is 15.7. The first-order valence-corrected chi connectivity index (χ1v) is 8.57. The van der Waals surface area contributed by atoms with E-state index >= 15 is 0 Å². The average molecular weight is 405 g/mol. The van der Waals surface area contributed by atoms with Gasteiger partial charge in [-0.05, 0) is 42.8 Å². The molecule has 0 aliphatic rings. The number of carbonyl (C=O) groups excluding carboxylic acids is 1. The number of carbonyl (C=O) groups is 1. The monoisotopic (exact) mass is 405 g/mol. The second-order valence-corrected chi connectivity index (χ2v) is 6.18. The summed E-state index contributed by atoms with van der Waals surface area (Å²) in [7, 11) is 1.51. The van der Waals surface area contributed by atoms with E-state index in [9.17, 15) is 18.0 Å². The summed E-state index contributed by atoms with van der Waals surface area (Å²) in [5.41, 5.74) is 2.61. The number of rotatable bonds is 6. The van der Waals surface area contributed by atoms with Crippen LogP contribution in [0, 0.1) is 6.92 Å². The summed E-state index contributed by atoms with van der Waals surface area (Å²) in [6.07, 6.45) is -1.25.